The fraction of sp³-hybridized carbons (Fsp3) is 0.222. The highest BCUT2D eigenvalue weighted by molar-refractivity contribution is 9.10. The smallest absolute Gasteiger partial charge is 0.257 e. The second-order valence-corrected chi connectivity index (χ2v) is 9.05. The van der Waals surface area contributed by atoms with Crippen LogP contribution in [0.2, 0.25) is 0 Å². The van der Waals surface area contributed by atoms with Gasteiger partial charge in [0.1, 0.15) is 6.04 Å². The number of imide groups is 1. The van der Waals surface area contributed by atoms with Gasteiger partial charge in [0.2, 0.25) is 5.91 Å². The van der Waals surface area contributed by atoms with E-state index in [1.165, 1.54) is 19.1 Å². The number of halogens is 1. The maximum atomic E-state index is 13.9. The lowest BCUT2D eigenvalue weighted by atomic mass is 10.0. The Bertz CT molecular complexity index is 1250. The zero-order chi connectivity index (χ0) is 25.1. The largest absolute Gasteiger partial charge is 0.493 e. The van der Waals surface area contributed by atoms with Crippen LogP contribution in [-0.4, -0.2) is 42.9 Å². The molecule has 1 saturated heterocycles. The van der Waals surface area contributed by atoms with Gasteiger partial charge in [-0.05, 0) is 55.0 Å². The summed E-state index contributed by atoms with van der Waals surface area (Å²) >= 11 is 3.37. The zero-order valence-corrected chi connectivity index (χ0v) is 21.2. The molecule has 0 aliphatic carbocycles. The Hall–Kier alpha value is -3.65. The first-order valence-corrected chi connectivity index (χ1v) is 11.9. The van der Waals surface area contributed by atoms with Crippen molar-refractivity contribution in [3.05, 3.63) is 88.4 Å². The third-order valence-corrected chi connectivity index (χ3v) is 6.64. The van der Waals surface area contributed by atoms with Crippen molar-refractivity contribution in [3.63, 3.8) is 0 Å². The minimum absolute atomic E-state index is 0.106. The summed E-state index contributed by atoms with van der Waals surface area (Å²) in [5, 5.41) is 0. The lowest BCUT2D eigenvalue weighted by Gasteiger charge is -2.34. The molecular formula is C27H25BrN2O5. The van der Waals surface area contributed by atoms with E-state index in [4.69, 9.17) is 9.47 Å². The SMILES string of the molecule is COc1ccc(C(=O)N(C2CC(=O)N(c3ccc(Br)cc3)C2=O)C(C)c2ccccc2)cc1OC. The molecule has 7 nitrogen and oxygen atoms in total. The highest BCUT2D eigenvalue weighted by Crippen LogP contribution is 2.34. The number of amides is 3. The Balaban J connectivity index is 1.75. The van der Waals surface area contributed by atoms with Crippen molar-refractivity contribution in [3.8, 4) is 11.5 Å². The van der Waals surface area contributed by atoms with Gasteiger partial charge >= 0.3 is 0 Å². The summed E-state index contributed by atoms with van der Waals surface area (Å²) in [7, 11) is 3.01. The lowest BCUT2D eigenvalue weighted by molar-refractivity contribution is -0.122. The minimum atomic E-state index is -0.957. The number of anilines is 1. The number of rotatable bonds is 7. The van der Waals surface area contributed by atoms with E-state index in [-0.39, 0.29) is 18.2 Å². The first-order chi connectivity index (χ1) is 16.8. The van der Waals surface area contributed by atoms with Crippen LogP contribution in [0.3, 0.4) is 0 Å². The molecule has 0 N–H and O–H groups in total. The lowest BCUT2D eigenvalue weighted by Crippen LogP contribution is -2.46. The number of ether oxygens (including phenoxy) is 2. The van der Waals surface area contributed by atoms with Gasteiger partial charge in [0.25, 0.3) is 11.8 Å². The molecule has 1 aliphatic heterocycles. The molecule has 0 bridgehead atoms. The number of hydrogen-bond acceptors (Lipinski definition) is 5. The zero-order valence-electron chi connectivity index (χ0n) is 19.6. The highest BCUT2D eigenvalue weighted by Gasteiger charge is 2.46. The van der Waals surface area contributed by atoms with Crippen LogP contribution in [0, 0.1) is 0 Å². The van der Waals surface area contributed by atoms with Crippen LogP contribution in [0.15, 0.2) is 77.3 Å². The molecule has 8 heteroatoms. The molecule has 2 unspecified atom stereocenters. The van der Waals surface area contributed by atoms with Crippen LogP contribution >= 0.6 is 15.9 Å². The van der Waals surface area contributed by atoms with Gasteiger partial charge < -0.3 is 14.4 Å². The van der Waals surface area contributed by atoms with Crippen LogP contribution in [-0.2, 0) is 9.59 Å². The van der Waals surface area contributed by atoms with Crippen molar-refractivity contribution >= 4 is 39.3 Å². The molecule has 2 atom stereocenters. The maximum Gasteiger partial charge on any atom is 0.257 e. The molecule has 3 amide bonds. The van der Waals surface area contributed by atoms with E-state index in [0.717, 1.165) is 14.9 Å². The molecule has 1 fully saturated rings. The predicted octanol–water partition coefficient (Wildman–Crippen LogP) is 5.00. The normalized spacial score (nSPS) is 16.2. The number of methoxy groups -OCH3 is 2. The Kier molecular flexibility index (Phi) is 7.21. The quantitative estimate of drug-likeness (QED) is 0.397. The molecule has 3 aromatic carbocycles. The minimum Gasteiger partial charge on any atom is -0.493 e. The summed E-state index contributed by atoms with van der Waals surface area (Å²) in [6, 6.07) is 19.8. The van der Waals surface area contributed by atoms with Crippen LogP contribution in [0.1, 0.15) is 35.3 Å². The average Bonchev–Trinajstić information content (AvgIpc) is 3.17. The molecule has 180 valence electrons. The van der Waals surface area contributed by atoms with Gasteiger partial charge in [-0.25, -0.2) is 4.90 Å². The third kappa shape index (κ3) is 4.79. The van der Waals surface area contributed by atoms with Gasteiger partial charge in [-0.15, -0.1) is 0 Å². The van der Waals surface area contributed by atoms with Gasteiger partial charge in [-0.3, -0.25) is 14.4 Å². The van der Waals surface area contributed by atoms with Crippen molar-refractivity contribution < 1.29 is 23.9 Å². The van der Waals surface area contributed by atoms with E-state index in [9.17, 15) is 14.4 Å². The number of carbonyl (C=O) groups excluding carboxylic acids is 3. The number of nitrogens with zero attached hydrogens (tertiary/aromatic N) is 2. The molecule has 0 aromatic heterocycles. The van der Waals surface area contributed by atoms with Gasteiger partial charge in [0.05, 0.1) is 32.4 Å². The van der Waals surface area contributed by atoms with Crippen molar-refractivity contribution in [2.45, 2.75) is 25.4 Å². The monoisotopic (exact) mass is 536 g/mol. The Morgan fingerprint density at radius 1 is 0.971 bits per heavy atom. The summed E-state index contributed by atoms with van der Waals surface area (Å²) in [4.78, 5) is 43.1. The Morgan fingerprint density at radius 2 is 1.63 bits per heavy atom. The molecule has 3 aromatic rings. The van der Waals surface area contributed by atoms with Gasteiger partial charge in [-0.2, -0.15) is 0 Å². The second kappa shape index (κ2) is 10.3. The highest BCUT2D eigenvalue weighted by atomic mass is 79.9. The van der Waals surface area contributed by atoms with E-state index in [0.29, 0.717) is 22.7 Å². The van der Waals surface area contributed by atoms with Gasteiger partial charge in [0.15, 0.2) is 11.5 Å². The number of carbonyl (C=O) groups is 3. The van der Waals surface area contributed by atoms with Crippen LogP contribution in [0.25, 0.3) is 0 Å². The molecule has 0 spiro atoms. The Labute approximate surface area is 212 Å². The first-order valence-electron chi connectivity index (χ1n) is 11.1. The fourth-order valence-electron chi connectivity index (χ4n) is 4.29. The summed E-state index contributed by atoms with van der Waals surface area (Å²) in [5.74, 6) is -0.288. The van der Waals surface area contributed by atoms with Crippen LogP contribution in [0.4, 0.5) is 5.69 Å². The summed E-state index contributed by atoms with van der Waals surface area (Å²) < 4.78 is 11.5. The van der Waals surface area contributed by atoms with E-state index in [1.807, 2.05) is 37.3 Å². The third-order valence-electron chi connectivity index (χ3n) is 6.11. The molecule has 35 heavy (non-hydrogen) atoms. The Morgan fingerprint density at radius 3 is 2.26 bits per heavy atom. The van der Waals surface area contributed by atoms with Crippen molar-refractivity contribution in [1.29, 1.82) is 0 Å². The maximum absolute atomic E-state index is 13.9. The standard InChI is InChI=1S/C27H25BrN2O5/c1-17(18-7-5-4-6-8-18)29(26(32)19-9-14-23(34-2)24(15-19)35-3)22-16-25(31)30(27(22)33)21-12-10-20(28)11-13-21/h4-15,17,22H,16H2,1-3H3. The van der Waals surface area contributed by atoms with E-state index in [2.05, 4.69) is 15.9 Å². The molecule has 0 radical (unpaired) electrons. The van der Waals surface area contributed by atoms with Crippen molar-refractivity contribution in [1.82, 2.24) is 4.90 Å². The average molecular weight is 537 g/mol. The number of hydrogen-bond donors (Lipinski definition) is 0. The van der Waals surface area contributed by atoms with E-state index < -0.39 is 18.0 Å². The summed E-state index contributed by atoms with van der Waals surface area (Å²) in [5.41, 5.74) is 1.65. The molecule has 0 saturated carbocycles. The molecule has 1 heterocycles. The first kappa shape index (κ1) is 24.5. The molecule has 4 rings (SSSR count). The predicted molar refractivity (Wildman–Crippen MR) is 136 cm³/mol. The van der Waals surface area contributed by atoms with Crippen LogP contribution < -0.4 is 14.4 Å². The summed E-state index contributed by atoms with van der Waals surface area (Å²) in [6.07, 6.45) is -0.106. The fourth-order valence-corrected chi connectivity index (χ4v) is 4.56. The van der Waals surface area contributed by atoms with Crippen LogP contribution in [0.5, 0.6) is 11.5 Å². The summed E-state index contributed by atoms with van der Waals surface area (Å²) in [6.45, 7) is 1.86. The van der Waals surface area contributed by atoms with Crippen molar-refractivity contribution in [2.24, 2.45) is 0 Å². The topological polar surface area (TPSA) is 76.2 Å². The van der Waals surface area contributed by atoms with E-state index in [1.54, 1.807) is 42.5 Å². The van der Waals surface area contributed by atoms with Gasteiger partial charge in [-0.1, -0.05) is 46.3 Å². The molecule has 1 aliphatic rings. The van der Waals surface area contributed by atoms with Gasteiger partial charge in [0, 0.05) is 10.0 Å². The van der Waals surface area contributed by atoms with E-state index >= 15 is 0 Å². The van der Waals surface area contributed by atoms with Crippen molar-refractivity contribution in [2.75, 3.05) is 19.1 Å². The second-order valence-electron chi connectivity index (χ2n) is 8.13. The number of benzene rings is 3. The molecular weight excluding hydrogens is 512 g/mol.